The Hall–Kier alpha value is -1.92. The molecular weight excluding hydrogens is 270 g/mol. The molecule has 0 bridgehead atoms. The van der Waals surface area contributed by atoms with Gasteiger partial charge in [-0.3, -0.25) is 9.59 Å². The Morgan fingerprint density at radius 3 is 2.57 bits per heavy atom. The van der Waals surface area contributed by atoms with Crippen molar-refractivity contribution in [1.29, 1.82) is 0 Å². The number of rotatable bonds is 9. The minimum atomic E-state index is -0.607. The smallest absolute Gasteiger partial charge is 0.237 e. The Balaban J connectivity index is 2.19. The van der Waals surface area contributed by atoms with Crippen LogP contribution in [0.4, 0.5) is 0 Å². The summed E-state index contributed by atoms with van der Waals surface area (Å²) >= 11 is 0. The quantitative estimate of drug-likeness (QED) is 0.551. The maximum Gasteiger partial charge on any atom is 0.237 e. The molecule has 1 rings (SSSR count). The minimum Gasteiger partial charge on any atom is -0.383 e. The maximum atomic E-state index is 11.8. The highest BCUT2D eigenvalue weighted by Gasteiger charge is 2.13. The summed E-state index contributed by atoms with van der Waals surface area (Å²) in [5.74, 6) is -0.368. The average Bonchev–Trinajstić information content (AvgIpc) is 2.48. The van der Waals surface area contributed by atoms with Gasteiger partial charge in [0.15, 0.2) is 0 Å². The van der Waals surface area contributed by atoms with Crippen LogP contribution in [-0.4, -0.2) is 44.7 Å². The highest BCUT2D eigenvalue weighted by molar-refractivity contribution is 5.82. The van der Waals surface area contributed by atoms with E-state index >= 15 is 0 Å². The molecule has 6 nitrogen and oxygen atoms in total. The third-order valence-corrected chi connectivity index (χ3v) is 2.91. The highest BCUT2D eigenvalue weighted by atomic mass is 16.5. The lowest BCUT2D eigenvalue weighted by Crippen LogP contribution is -2.43. The first-order valence-corrected chi connectivity index (χ1v) is 6.96. The summed E-state index contributed by atoms with van der Waals surface area (Å²) in [5, 5.41) is 5.35. The van der Waals surface area contributed by atoms with E-state index in [4.69, 9.17) is 10.5 Å². The molecule has 21 heavy (non-hydrogen) atoms. The molecule has 1 aromatic rings. The predicted molar refractivity (Wildman–Crippen MR) is 80.6 cm³/mol. The summed E-state index contributed by atoms with van der Waals surface area (Å²) < 4.78 is 4.82. The average molecular weight is 293 g/mol. The molecule has 4 N–H and O–H groups in total. The van der Waals surface area contributed by atoms with Gasteiger partial charge in [-0.15, -0.1) is 0 Å². The van der Waals surface area contributed by atoms with E-state index in [1.807, 2.05) is 30.3 Å². The zero-order valence-corrected chi connectivity index (χ0v) is 12.3. The normalized spacial score (nSPS) is 11.7. The molecule has 0 unspecified atom stereocenters. The van der Waals surface area contributed by atoms with Gasteiger partial charge in [-0.2, -0.15) is 0 Å². The lowest BCUT2D eigenvalue weighted by atomic mass is 10.1. The second-order valence-corrected chi connectivity index (χ2v) is 4.68. The summed E-state index contributed by atoms with van der Waals surface area (Å²) in [5.41, 5.74) is 6.85. The van der Waals surface area contributed by atoms with Gasteiger partial charge >= 0.3 is 0 Å². The molecule has 0 aliphatic carbocycles. The number of hydrogen-bond donors (Lipinski definition) is 3. The fourth-order valence-electron chi connectivity index (χ4n) is 1.77. The molecule has 2 amide bonds. The van der Waals surface area contributed by atoms with Crippen molar-refractivity contribution in [3.05, 3.63) is 35.9 Å². The fourth-order valence-corrected chi connectivity index (χ4v) is 1.77. The van der Waals surface area contributed by atoms with E-state index in [1.54, 1.807) is 7.11 Å². The fraction of sp³-hybridized carbons (Fsp3) is 0.467. The Labute approximate surface area is 125 Å². The van der Waals surface area contributed by atoms with Crippen molar-refractivity contribution >= 4 is 11.8 Å². The topological polar surface area (TPSA) is 93.5 Å². The number of nitrogens with two attached hydrogens (primary N) is 1. The first kappa shape index (κ1) is 17.1. The van der Waals surface area contributed by atoms with E-state index in [9.17, 15) is 9.59 Å². The molecule has 1 atom stereocenters. The molecule has 1 aromatic carbocycles. The second-order valence-electron chi connectivity index (χ2n) is 4.68. The first-order chi connectivity index (χ1) is 10.1. The SMILES string of the molecule is COCCNC(=O)CCNC(=O)[C@@H](N)Cc1ccccc1. The number of carbonyl (C=O) groups is 2. The van der Waals surface area contributed by atoms with E-state index in [0.717, 1.165) is 5.56 Å². The molecule has 0 aromatic heterocycles. The van der Waals surface area contributed by atoms with E-state index in [-0.39, 0.29) is 24.8 Å². The number of nitrogens with one attached hydrogen (secondary N) is 2. The van der Waals surface area contributed by atoms with Gasteiger partial charge in [-0.05, 0) is 12.0 Å². The summed E-state index contributed by atoms with van der Waals surface area (Å²) in [6, 6.07) is 8.97. The highest BCUT2D eigenvalue weighted by Crippen LogP contribution is 2.01. The van der Waals surface area contributed by atoms with Crippen molar-refractivity contribution in [2.24, 2.45) is 5.73 Å². The van der Waals surface area contributed by atoms with Crippen molar-refractivity contribution in [3.63, 3.8) is 0 Å². The molecule has 116 valence electrons. The van der Waals surface area contributed by atoms with Gasteiger partial charge in [0.2, 0.25) is 11.8 Å². The number of ether oxygens (including phenoxy) is 1. The van der Waals surface area contributed by atoms with Crippen LogP contribution in [0.15, 0.2) is 30.3 Å². The van der Waals surface area contributed by atoms with Crippen LogP contribution in [0.3, 0.4) is 0 Å². The largest absolute Gasteiger partial charge is 0.383 e. The van der Waals surface area contributed by atoms with Crippen LogP contribution in [0.2, 0.25) is 0 Å². The van der Waals surface area contributed by atoms with E-state index in [0.29, 0.717) is 19.6 Å². The van der Waals surface area contributed by atoms with Gasteiger partial charge in [0.1, 0.15) is 0 Å². The molecule has 6 heteroatoms. The van der Waals surface area contributed by atoms with E-state index in [2.05, 4.69) is 10.6 Å². The lowest BCUT2D eigenvalue weighted by Gasteiger charge is -2.12. The van der Waals surface area contributed by atoms with Crippen molar-refractivity contribution in [2.75, 3.05) is 26.8 Å². The Bertz CT molecular complexity index is 437. The number of benzene rings is 1. The molecule has 0 saturated heterocycles. The molecule has 0 aliphatic heterocycles. The minimum absolute atomic E-state index is 0.121. The zero-order valence-electron chi connectivity index (χ0n) is 12.3. The van der Waals surface area contributed by atoms with Gasteiger partial charge in [0.25, 0.3) is 0 Å². The van der Waals surface area contributed by atoms with Gasteiger partial charge in [-0.1, -0.05) is 30.3 Å². The molecule has 0 aliphatic rings. The third-order valence-electron chi connectivity index (χ3n) is 2.91. The predicted octanol–water partition coefficient (Wildman–Crippen LogP) is -0.175. The van der Waals surface area contributed by atoms with E-state index < -0.39 is 6.04 Å². The van der Waals surface area contributed by atoms with Gasteiger partial charge in [-0.25, -0.2) is 0 Å². The zero-order chi connectivity index (χ0) is 15.5. The van der Waals surface area contributed by atoms with Crippen molar-refractivity contribution in [2.45, 2.75) is 18.9 Å². The number of hydrogen-bond acceptors (Lipinski definition) is 4. The Morgan fingerprint density at radius 2 is 1.90 bits per heavy atom. The van der Waals surface area contributed by atoms with Crippen LogP contribution >= 0.6 is 0 Å². The van der Waals surface area contributed by atoms with Gasteiger partial charge in [0, 0.05) is 26.6 Å². The molecule has 0 radical (unpaired) electrons. The van der Waals surface area contributed by atoms with Crippen molar-refractivity contribution in [1.82, 2.24) is 10.6 Å². The second kappa shape index (κ2) is 9.90. The monoisotopic (exact) mass is 293 g/mol. The van der Waals surface area contributed by atoms with Crippen molar-refractivity contribution < 1.29 is 14.3 Å². The summed E-state index contributed by atoms with van der Waals surface area (Å²) in [7, 11) is 1.57. The Morgan fingerprint density at radius 1 is 1.19 bits per heavy atom. The molecular formula is C15H23N3O3. The van der Waals surface area contributed by atoms with Crippen LogP contribution < -0.4 is 16.4 Å². The number of methoxy groups -OCH3 is 1. The third kappa shape index (κ3) is 7.43. The molecule has 0 spiro atoms. The standard InChI is InChI=1S/C15H23N3O3/c1-21-10-9-17-14(19)7-8-18-15(20)13(16)11-12-5-3-2-4-6-12/h2-6,13H,7-11,16H2,1H3,(H,17,19)(H,18,20)/t13-/m0/s1. The number of amides is 2. The van der Waals surface area contributed by atoms with E-state index in [1.165, 1.54) is 0 Å². The van der Waals surface area contributed by atoms with Crippen LogP contribution in [-0.2, 0) is 20.7 Å². The first-order valence-electron chi connectivity index (χ1n) is 6.96. The van der Waals surface area contributed by atoms with Crippen LogP contribution in [0.1, 0.15) is 12.0 Å². The lowest BCUT2D eigenvalue weighted by molar-refractivity contribution is -0.123. The van der Waals surface area contributed by atoms with Crippen LogP contribution in [0, 0.1) is 0 Å². The van der Waals surface area contributed by atoms with Crippen LogP contribution in [0.25, 0.3) is 0 Å². The number of carbonyl (C=O) groups excluding carboxylic acids is 2. The summed E-state index contributed by atoms with van der Waals surface area (Å²) in [4.78, 5) is 23.2. The molecule has 0 saturated carbocycles. The van der Waals surface area contributed by atoms with Gasteiger partial charge in [0.05, 0.1) is 12.6 Å². The van der Waals surface area contributed by atoms with Gasteiger partial charge < -0.3 is 21.1 Å². The van der Waals surface area contributed by atoms with Crippen molar-refractivity contribution in [3.8, 4) is 0 Å². The maximum absolute atomic E-state index is 11.8. The molecule has 0 heterocycles. The summed E-state index contributed by atoms with van der Waals surface area (Å²) in [6.07, 6.45) is 0.709. The summed E-state index contributed by atoms with van der Waals surface area (Å²) in [6.45, 7) is 1.22. The molecule has 0 fully saturated rings. The van der Waals surface area contributed by atoms with Crippen LogP contribution in [0.5, 0.6) is 0 Å². The Kier molecular flexibility index (Phi) is 8.08.